The minimum absolute atomic E-state index is 0.00992. The fourth-order valence-corrected chi connectivity index (χ4v) is 2.50. The van der Waals surface area contributed by atoms with Crippen LogP contribution < -0.4 is 4.74 Å². The van der Waals surface area contributed by atoms with Gasteiger partial charge in [0.15, 0.2) is 12.4 Å². The highest BCUT2D eigenvalue weighted by molar-refractivity contribution is 5.89. The van der Waals surface area contributed by atoms with Gasteiger partial charge in [-0.15, -0.1) is 5.10 Å². The van der Waals surface area contributed by atoms with Gasteiger partial charge in [-0.05, 0) is 48.9 Å². The van der Waals surface area contributed by atoms with Crippen molar-refractivity contribution in [3.05, 3.63) is 52.7 Å². The molecule has 9 nitrogen and oxygen atoms in total. The van der Waals surface area contributed by atoms with Gasteiger partial charge in [0, 0.05) is 6.54 Å². The van der Waals surface area contributed by atoms with Crippen LogP contribution >= 0.6 is 0 Å². The normalized spacial score (nSPS) is 10.8. The van der Waals surface area contributed by atoms with Crippen LogP contribution in [0.15, 0.2) is 28.8 Å². The van der Waals surface area contributed by atoms with Crippen LogP contribution in [-0.4, -0.2) is 31.3 Å². The molecule has 0 N–H and O–H groups in total. The molecule has 0 aliphatic rings. The van der Waals surface area contributed by atoms with Gasteiger partial charge in [-0.25, -0.2) is 9.48 Å². The summed E-state index contributed by atoms with van der Waals surface area (Å²) < 4.78 is 17.8. The SMILES string of the molecule is CCCn1nnnc1COC(=O)c1cccc(OCc2c(C)noc2C)c1. The van der Waals surface area contributed by atoms with Gasteiger partial charge >= 0.3 is 5.97 Å². The van der Waals surface area contributed by atoms with Gasteiger partial charge < -0.3 is 14.0 Å². The summed E-state index contributed by atoms with van der Waals surface area (Å²) in [7, 11) is 0. The maximum Gasteiger partial charge on any atom is 0.338 e. The average Bonchev–Trinajstić information content (AvgIpc) is 3.25. The van der Waals surface area contributed by atoms with Crippen LogP contribution in [0.2, 0.25) is 0 Å². The van der Waals surface area contributed by atoms with E-state index in [0.717, 1.165) is 17.7 Å². The monoisotopic (exact) mass is 371 g/mol. The van der Waals surface area contributed by atoms with Crippen molar-refractivity contribution in [3.8, 4) is 5.75 Å². The first kappa shape index (κ1) is 18.6. The van der Waals surface area contributed by atoms with Gasteiger partial charge in [0.1, 0.15) is 18.1 Å². The van der Waals surface area contributed by atoms with E-state index in [9.17, 15) is 4.79 Å². The maximum absolute atomic E-state index is 12.3. The smallest absolute Gasteiger partial charge is 0.338 e. The molecule has 0 amide bonds. The number of benzene rings is 1. The Morgan fingerprint density at radius 3 is 2.85 bits per heavy atom. The molecular weight excluding hydrogens is 350 g/mol. The molecule has 0 saturated heterocycles. The number of aryl methyl sites for hydroxylation is 3. The Kier molecular flexibility index (Phi) is 5.80. The van der Waals surface area contributed by atoms with Crippen LogP contribution in [0.3, 0.4) is 0 Å². The Labute approximate surface area is 156 Å². The van der Waals surface area contributed by atoms with E-state index in [2.05, 4.69) is 20.7 Å². The average molecular weight is 371 g/mol. The molecule has 0 saturated carbocycles. The molecule has 1 aromatic carbocycles. The highest BCUT2D eigenvalue weighted by Gasteiger charge is 2.13. The number of ether oxygens (including phenoxy) is 2. The first-order chi connectivity index (χ1) is 13.1. The topological polar surface area (TPSA) is 105 Å². The van der Waals surface area contributed by atoms with E-state index in [1.165, 1.54) is 0 Å². The van der Waals surface area contributed by atoms with E-state index >= 15 is 0 Å². The van der Waals surface area contributed by atoms with E-state index in [0.29, 0.717) is 36.0 Å². The zero-order valence-electron chi connectivity index (χ0n) is 15.5. The number of hydrogen-bond acceptors (Lipinski definition) is 8. The Hall–Kier alpha value is -3.23. The predicted molar refractivity (Wildman–Crippen MR) is 94.0 cm³/mol. The molecule has 2 heterocycles. The Morgan fingerprint density at radius 2 is 2.11 bits per heavy atom. The minimum atomic E-state index is -0.469. The predicted octanol–water partition coefficient (Wildman–Crippen LogP) is 2.62. The van der Waals surface area contributed by atoms with Gasteiger partial charge in [0.25, 0.3) is 0 Å². The third-order valence-electron chi connectivity index (χ3n) is 4.01. The molecule has 0 bridgehead atoms. The van der Waals surface area contributed by atoms with Crippen molar-refractivity contribution in [3.63, 3.8) is 0 Å². The second kappa shape index (κ2) is 8.43. The molecule has 2 aromatic heterocycles. The number of rotatable bonds is 8. The van der Waals surface area contributed by atoms with Crippen molar-refractivity contribution in [2.45, 2.75) is 47.0 Å². The van der Waals surface area contributed by atoms with E-state index in [-0.39, 0.29) is 6.61 Å². The molecule has 0 spiro atoms. The third-order valence-corrected chi connectivity index (χ3v) is 4.01. The van der Waals surface area contributed by atoms with Gasteiger partial charge in [0.05, 0.1) is 16.8 Å². The van der Waals surface area contributed by atoms with Crippen molar-refractivity contribution >= 4 is 5.97 Å². The molecule has 0 radical (unpaired) electrons. The molecule has 142 valence electrons. The van der Waals surface area contributed by atoms with Crippen molar-refractivity contribution in [1.29, 1.82) is 0 Å². The first-order valence-corrected chi connectivity index (χ1v) is 8.65. The van der Waals surface area contributed by atoms with Crippen LogP contribution in [-0.2, 0) is 24.5 Å². The summed E-state index contributed by atoms with van der Waals surface area (Å²) in [4.78, 5) is 12.3. The molecule has 27 heavy (non-hydrogen) atoms. The summed E-state index contributed by atoms with van der Waals surface area (Å²) in [6.45, 7) is 6.70. The lowest BCUT2D eigenvalue weighted by molar-refractivity contribution is 0.0456. The Morgan fingerprint density at radius 1 is 1.26 bits per heavy atom. The first-order valence-electron chi connectivity index (χ1n) is 8.65. The molecule has 0 unspecified atom stereocenters. The molecule has 0 aliphatic heterocycles. The molecular formula is C18H21N5O4. The number of esters is 1. The lowest BCUT2D eigenvalue weighted by Gasteiger charge is -2.08. The number of aromatic nitrogens is 5. The molecule has 3 aromatic rings. The number of nitrogens with zero attached hydrogens (tertiary/aromatic N) is 5. The number of tetrazole rings is 1. The number of carbonyl (C=O) groups excluding carboxylic acids is 1. The summed E-state index contributed by atoms with van der Waals surface area (Å²) in [6, 6.07) is 6.81. The van der Waals surface area contributed by atoms with Crippen LogP contribution in [0, 0.1) is 13.8 Å². The summed E-state index contributed by atoms with van der Waals surface area (Å²) >= 11 is 0. The van der Waals surface area contributed by atoms with E-state index in [4.69, 9.17) is 14.0 Å². The Bertz CT molecular complexity index is 899. The fourth-order valence-electron chi connectivity index (χ4n) is 2.50. The molecule has 0 fully saturated rings. The third kappa shape index (κ3) is 4.49. The summed E-state index contributed by atoms with van der Waals surface area (Å²) in [6.07, 6.45) is 0.885. The second-order valence-electron chi connectivity index (χ2n) is 6.01. The van der Waals surface area contributed by atoms with Crippen molar-refractivity contribution in [2.75, 3.05) is 0 Å². The van der Waals surface area contributed by atoms with E-state index < -0.39 is 5.97 Å². The van der Waals surface area contributed by atoms with E-state index in [1.807, 2.05) is 20.8 Å². The van der Waals surface area contributed by atoms with Crippen molar-refractivity contribution in [1.82, 2.24) is 25.4 Å². The highest BCUT2D eigenvalue weighted by atomic mass is 16.5. The van der Waals surface area contributed by atoms with Crippen LogP contribution in [0.5, 0.6) is 5.75 Å². The van der Waals surface area contributed by atoms with Crippen LogP contribution in [0.25, 0.3) is 0 Å². The van der Waals surface area contributed by atoms with Gasteiger partial charge in [0.2, 0.25) is 0 Å². The summed E-state index contributed by atoms with van der Waals surface area (Å²) in [5.41, 5.74) is 2.07. The lowest BCUT2D eigenvalue weighted by atomic mass is 10.2. The molecule has 0 aliphatic carbocycles. The molecule has 0 atom stereocenters. The van der Waals surface area contributed by atoms with Crippen LogP contribution in [0.1, 0.15) is 46.5 Å². The summed E-state index contributed by atoms with van der Waals surface area (Å²) in [5, 5.41) is 15.2. The zero-order valence-corrected chi connectivity index (χ0v) is 15.5. The number of hydrogen-bond donors (Lipinski definition) is 0. The molecule has 9 heteroatoms. The quantitative estimate of drug-likeness (QED) is 0.556. The standard InChI is InChI=1S/C18H21N5O4/c1-4-8-23-17(19-21-22-23)11-26-18(24)14-6-5-7-15(9-14)25-10-16-12(2)20-27-13(16)3/h5-7,9H,4,8,10-11H2,1-3H3. The number of carbonyl (C=O) groups is 1. The fraction of sp³-hybridized carbons (Fsp3) is 0.389. The molecule has 3 rings (SSSR count). The lowest BCUT2D eigenvalue weighted by Crippen LogP contribution is -2.11. The van der Waals surface area contributed by atoms with Gasteiger partial charge in [-0.2, -0.15) is 0 Å². The van der Waals surface area contributed by atoms with Crippen molar-refractivity contribution in [2.24, 2.45) is 0 Å². The highest BCUT2D eigenvalue weighted by Crippen LogP contribution is 2.19. The maximum atomic E-state index is 12.3. The Balaban J connectivity index is 1.60. The van der Waals surface area contributed by atoms with Gasteiger partial charge in [-0.3, -0.25) is 0 Å². The van der Waals surface area contributed by atoms with Crippen molar-refractivity contribution < 1.29 is 18.8 Å². The van der Waals surface area contributed by atoms with Crippen LogP contribution in [0.4, 0.5) is 0 Å². The van der Waals surface area contributed by atoms with Gasteiger partial charge in [-0.1, -0.05) is 18.1 Å². The zero-order chi connectivity index (χ0) is 19.2. The minimum Gasteiger partial charge on any atom is -0.489 e. The van der Waals surface area contributed by atoms with E-state index in [1.54, 1.807) is 28.9 Å². The largest absolute Gasteiger partial charge is 0.489 e. The summed E-state index contributed by atoms with van der Waals surface area (Å²) in [5.74, 6) is 1.31. The second-order valence-corrected chi connectivity index (χ2v) is 6.01.